The van der Waals surface area contributed by atoms with Crippen molar-refractivity contribution in [2.45, 2.75) is 25.7 Å². The van der Waals surface area contributed by atoms with Gasteiger partial charge in [0.15, 0.2) is 0 Å². The number of hydrogen-bond acceptors (Lipinski definition) is 7. The summed E-state index contributed by atoms with van der Waals surface area (Å²) < 4.78 is 32.2. The minimum absolute atomic E-state index is 0.159. The fourth-order valence-corrected chi connectivity index (χ4v) is 4.69. The van der Waals surface area contributed by atoms with Gasteiger partial charge >= 0.3 is 0 Å². The smallest absolute Gasteiger partial charge is 0.243 e. The Kier molecular flexibility index (Phi) is 6.96. The summed E-state index contributed by atoms with van der Waals surface area (Å²) in [5.41, 5.74) is 1.64. The van der Waals surface area contributed by atoms with Gasteiger partial charge in [-0.25, -0.2) is 13.4 Å². The monoisotopic (exact) mass is 406 g/mol. The predicted octanol–water partition coefficient (Wildman–Crippen LogP) is 3.47. The van der Waals surface area contributed by atoms with Gasteiger partial charge in [-0.05, 0) is 25.1 Å². The van der Waals surface area contributed by atoms with Crippen LogP contribution in [0.1, 0.15) is 24.5 Å². The van der Waals surface area contributed by atoms with Crippen LogP contribution in [0.5, 0.6) is 5.75 Å². The molecule has 0 aliphatic carbocycles. The Labute approximate surface area is 164 Å². The first kappa shape index (κ1) is 20.9. The van der Waals surface area contributed by atoms with E-state index in [2.05, 4.69) is 16.4 Å². The molecule has 0 unspecified atom stereocenters. The molecule has 0 radical (unpaired) electrons. The highest BCUT2D eigenvalue weighted by atomic mass is 32.2. The number of nitriles is 1. The molecule has 7 nitrogen and oxygen atoms in total. The summed E-state index contributed by atoms with van der Waals surface area (Å²) >= 11 is 1.37. The summed E-state index contributed by atoms with van der Waals surface area (Å²) in [6, 6.07) is 6.71. The van der Waals surface area contributed by atoms with Crippen molar-refractivity contribution in [3.63, 3.8) is 0 Å². The summed E-state index contributed by atoms with van der Waals surface area (Å²) in [7, 11) is -2.10. The number of aryl methyl sites for hydroxylation is 1. The summed E-state index contributed by atoms with van der Waals surface area (Å²) in [5, 5.41) is 14.8. The van der Waals surface area contributed by atoms with Gasteiger partial charge in [0.1, 0.15) is 22.4 Å². The van der Waals surface area contributed by atoms with E-state index in [9.17, 15) is 13.7 Å². The normalized spacial score (nSPS) is 12.1. The molecule has 1 aromatic carbocycles. The Morgan fingerprint density at radius 2 is 2.11 bits per heavy atom. The van der Waals surface area contributed by atoms with Crippen molar-refractivity contribution < 1.29 is 13.2 Å². The number of hydrogen-bond donors (Lipinski definition) is 1. The van der Waals surface area contributed by atoms with E-state index < -0.39 is 10.0 Å². The molecular formula is C18H22N4O3S2. The van der Waals surface area contributed by atoms with E-state index in [0.29, 0.717) is 35.1 Å². The number of sulfonamides is 1. The average molecular weight is 407 g/mol. The van der Waals surface area contributed by atoms with Crippen LogP contribution in [0.2, 0.25) is 0 Å². The van der Waals surface area contributed by atoms with E-state index >= 15 is 0 Å². The highest BCUT2D eigenvalue weighted by Gasteiger charge is 2.22. The second-order valence-electron chi connectivity index (χ2n) is 5.56. The van der Waals surface area contributed by atoms with Crippen molar-refractivity contribution >= 4 is 32.6 Å². The van der Waals surface area contributed by atoms with Crippen LogP contribution in [-0.4, -0.2) is 37.9 Å². The molecule has 27 heavy (non-hydrogen) atoms. The molecule has 2 aromatic rings. The van der Waals surface area contributed by atoms with Gasteiger partial charge in [0.25, 0.3) is 0 Å². The first-order chi connectivity index (χ1) is 12.9. The molecule has 144 valence electrons. The van der Waals surface area contributed by atoms with Crippen molar-refractivity contribution in [3.8, 4) is 11.8 Å². The number of ether oxygens (including phenoxy) is 1. The number of rotatable bonds is 8. The van der Waals surface area contributed by atoms with Crippen LogP contribution in [0, 0.1) is 18.3 Å². The second-order valence-corrected chi connectivity index (χ2v) is 8.36. The minimum Gasteiger partial charge on any atom is -0.495 e. The zero-order valence-electron chi connectivity index (χ0n) is 15.7. The second kappa shape index (κ2) is 8.99. The maximum absolute atomic E-state index is 12.7. The zero-order valence-corrected chi connectivity index (χ0v) is 17.3. The lowest BCUT2D eigenvalue weighted by Crippen LogP contribution is -2.30. The highest BCUT2D eigenvalue weighted by molar-refractivity contribution is 7.89. The minimum atomic E-state index is -3.60. The Bertz CT molecular complexity index is 971. The number of allylic oxidation sites excluding steroid dienone is 1. The van der Waals surface area contributed by atoms with Crippen LogP contribution < -0.4 is 10.1 Å². The lowest BCUT2D eigenvalue weighted by Gasteiger charge is -2.19. The number of nitrogens with one attached hydrogen (secondary N) is 1. The van der Waals surface area contributed by atoms with Gasteiger partial charge in [-0.1, -0.05) is 13.8 Å². The Balaban J connectivity index is 2.41. The molecule has 0 spiro atoms. The van der Waals surface area contributed by atoms with Crippen molar-refractivity contribution in [1.82, 2.24) is 9.29 Å². The number of aromatic nitrogens is 1. The van der Waals surface area contributed by atoms with Crippen molar-refractivity contribution in [3.05, 3.63) is 40.5 Å². The van der Waals surface area contributed by atoms with E-state index in [1.165, 1.54) is 41.1 Å². The molecule has 1 aromatic heterocycles. The number of benzene rings is 1. The first-order valence-electron chi connectivity index (χ1n) is 8.34. The molecule has 0 aliphatic rings. The third kappa shape index (κ3) is 4.66. The van der Waals surface area contributed by atoms with Crippen LogP contribution in [0.3, 0.4) is 0 Å². The highest BCUT2D eigenvalue weighted by Crippen LogP contribution is 2.30. The van der Waals surface area contributed by atoms with Crippen LogP contribution >= 0.6 is 11.3 Å². The van der Waals surface area contributed by atoms with Crippen LogP contribution in [-0.2, 0) is 10.0 Å². The molecule has 0 saturated carbocycles. The molecule has 0 bridgehead atoms. The Hall–Kier alpha value is -2.41. The topological polar surface area (TPSA) is 95.3 Å². The molecular weight excluding hydrogens is 384 g/mol. The number of anilines is 1. The lowest BCUT2D eigenvalue weighted by molar-refractivity contribution is 0.416. The van der Waals surface area contributed by atoms with E-state index in [0.717, 1.165) is 5.69 Å². The summed E-state index contributed by atoms with van der Waals surface area (Å²) in [4.78, 5) is 4.45. The molecule has 0 atom stereocenters. The fourth-order valence-electron chi connectivity index (χ4n) is 2.44. The summed E-state index contributed by atoms with van der Waals surface area (Å²) in [5.74, 6) is 0.470. The molecule has 0 fully saturated rings. The molecule has 0 saturated heterocycles. The summed E-state index contributed by atoms with van der Waals surface area (Å²) in [6.45, 7) is 6.21. The van der Waals surface area contributed by atoms with Gasteiger partial charge in [-0.3, -0.25) is 0 Å². The SMILES string of the molecule is CCN(CC)S(=O)(=O)c1ccc(OC)c(N/C=C(\C#N)c2nc(C)cs2)c1. The molecule has 1 N–H and O–H groups in total. The molecule has 0 amide bonds. The van der Waals surface area contributed by atoms with Gasteiger partial charge in [0, 0.05) is 30.4 Å². The molecule has 1 heterocycles. The molecule has 2 rings (SSSR count). The van der Waals surface area contributed by atoms with E-state index in [1.54, 1.807) is 19.9 Å². The number of methoxy groups -OCH3 is 1. The largest absolute Gasteiger partial charge is 0.495 e. The quantitative estimate of drug-likeness (QED) is 0.675. The van der Waals surface area contributed by atoms with Crippen LogP contribution in [0.15, 0.2) is 34.7 Å². The van der Waals surface area contributed by atoms with Crippen molar-refractivity contribution in [2.75, 3.05) is 25.5 Å². The van der Waals surface area contributed by atoms with Gasteiger partial charge in [-0.15, -0.1) is 11.3 Å². The van der Waals surface area contributed by atoms with Gasteiger partial charge in [0.05, 0.1) is 17.7 Å². The lowest BCUT2D eigenvalue weighted by atomic mass is 10.2. The van der Waals surface area contributed by atoms with E-state index in [1.807, 2.05) is 12.3 Å². The van der Waals surface area contributed by atoms with E-state index in [-0.39, 0.29) is 4.90 Å². The van der Waals surface area contributed by atoms with Crippen molar-refractivity contribution in [1.29, 1.82) is 5.26 Å². The van der Waals surface area contributed by atoms with Gasteiger partial charge in [0.2, 0.25) is 10.0 Å². The predicted molar refractivity (Wildman–Crippen MR) is 107 cm³/mol. The number of nitrogens with zero attached hydrogens (tertiary/aromatic N) is 3. The third-order valence-electron chi connectivity index (χ3n) is 3.86. The van der Waals surface area contributed by atoms with Crippen LogP contribution in [0.4, 0.5) is 5.69 Å². The van der Waals surface area contributed by atoms with Gasteiger partial charge in [-0.2, -0.15) is 9.57 Å². The zero-order chi connectivity index (χ0) is 20.0. The van der Waals surface area contributed by atoms with Gasteiger partial charge < -0.3 is 10.1 Å². The Morgan fingerprint density at radius 3 is 2.63 bits per heavy atom. The standard InChI is InChI=1S/C18H22N4O3S2/c1-5-22(6-2)27(23,24)15-7-8-17(25-4)16(9-15)20-11-14(10-19)18-21-13(3)12-26-18/h7-9,11-12,20H,5-6H2,1-4H3/b14-11+. The maximum Gasteiger partial charge on any atom is 0.243 e. The maximum atomic E-state index is 12.7. The average Bonchev–Trinajstić information content (AvgIpc) is 3.09. The van der Waals surface area contributed by atoms with Crippen molar-refractivity contribution in [2.24, 2.45) is 0 Å². The molecule has 9 heteroatoms. The summed E-state index contributed by atoms with van der Waals surface area (Å²) in [6.07, 6.45) is 1.50. The van der Waals surface area contributed by atoms with E-state index in [4.69, 9.17) is 4.74 Å². The fraction of sp³-hybridized carbons (Fsp3) is 0.333. The third-order valence-corrected chi connectivity index (χ3v) is 6.90. The van der Waals surface area contributed by atoms with Crippen LogP contribution in [0.25, 0.3) is 5.57 Å². The Morgan fingerprint density at radius 1 is 1.41 bits per heavy atom. The first-order valence-corrected chi connectivity index (χ1v) is 10.7. The molecule has 0 aliphatic heterocycles. The number of thiazole rings is 1.